The number of thiazole rings is 1. The van der Waals surface area contributed by atoms with Crippen molar-refractivity contribution in [3.05, 3.63) is 112 Å². The van der Waals surface area contributed by atoms with Crippen LogP contribution in [0.5, 0.6) is 0 Å². The zero-order valence-electron chi connectivity index (χ0n) is 25.2. The molecule has 10 heteroatoms. The van der Waals surface area contributed by atoms with E-state index in [9.17, 15) is 22.8 Å². The van der Waals surface area contributed by atoms with Crippen LogP contribution in [0.3, 0.4) is 0 Å². The minimum absolute atomic E-state index is 0.0339. The predicted octanol–water partition coefficient (Wildman–Crippen LogP) is 7.42. The monoisotopic (exact) mass is 645 g/mol. The summed E-state index contributed by atoms with van der Waals surface area (Å²) in [7, 11) is 0. The molecule has 6 nitrogen and oxygen atoms in total. The van der Waals surface area contributed by atoms with Crippen LogP contribution in [-0.4, -0.2) is 65.5 Å². The number of halogens is 3. The molecule has 2 amide bonds. The quantitative estimate of drug-likeness (QED) is 0.205. The summed E-state index contributed by atoms with van der Waals surface area (Å²) < 4.78 is 45.0. The Balaban J connectivity index is 0.970. The highest BCUT2D eigenvalue weighted by molar-refractivity contribution is 7.09. The highest BCUT2D eigenvalue weighted by Crippen LogP contribution is 2.45. The number of carbonyl (C=O) groups is 2. The van der Waals surface area contributed by atoms with Gasteiger partial charge >= 0.3 is 6.18 Å². The summed E-state index contributed by atoms with van der Waals surface area (Å²) in [6, 6.07) is 22.4. The van der Waals surface area contributed by atoms with Gasteiger partial charge in [0.05, 0.1) is 23.3 Å². The molecule has 1 aromatic heterocycles. The van der Waals surface area contributed by atoms with Crippen molar-refractivity contribution >= 4 is 23.2 Å². The lowest BCUT2D eigenvalue weighted by atomic mass is 9.70. The van der Waals surface area contributed by atoms with E-state index in [1.54, 1.807) is 29.2 Å². The molecule has 3 aliphatic rings. The molecule has 1 unspecified atom stereocenters. The van der Waals surface area contributed by atoms with Gasteiger partial charge in [-0.2, -0.15) is 13.2 Å². The highest BCUT2D eigenvalue weighted by atomic mass is 32.1. The average molecular weight is 646 g/mol. The maximum Gasteiger partial charge on any atom is 0.416 e. The fraction of sp³-hybridized carbons (Fsp3) is 0.361. The summed E-state index contributed by atoms with van der Waals surface area (Å²) in [5.74, 6) is -0.0227. The topological polar surface area (TPSA) is 66.0 Å². The van der Waals surface area contributed by atoms with Gasteiger partial charge in [-0.15, -0.1) is 11.3 Å². The molecule has 4 aromatic rings. The number of hydrogen-bond donors (Lipinski definition) is 0. The SMILES string of the molecule is O=C(c1csc(C2CCN(C(=O)c3ccccc3-c3ccc(C(F)(F)F)cc3)CC2)n1)N1CCC(c2ccccc2)(C2CO2)CC1. The Morgan fingerprint density at radius 3 is 2.11 bits per heavy atom. The maximum atomic E-state index is 13.6. The van der Waals surface area contributed by atoms with Gasteiger partial charge in [0.25, 0.3) is 11.8 Å². The van der Waals surface area contributed by atoms with Crippen LogP contribution < -0.4 is 0 Å². The molecule has 0 aliphatic carbocycles. The minimum Gasteiger partial charge on any atom is -0.372 e. The number of hydrogen-bond acceptors (Lipinski definition) is 5. The molecular weight excluding hydrogens is 611 g/mol. The Morgan fingerprint density at radius 1 is 0.826 bits per heavy atom. The smallest absolute Gasteiger partial charge is 0.372 e. The van der Waals surface area contributed by atoms with Gasteiger partial charge in [-0.3, -0.25) is 9.59 Å². The van der Waals surface area contributed by atoms with Crippen molar-refractivity contribution in [1.82, 2.24) is 14.8 Å². The van der Waals surface area contributed by atoms with Gasteiger partial charge in [0.2, 0.25) is 0 Å². The summed E-state index contributed by atoms with van der Waals surface area (Å²) in [6.07, 6.45) is -1.04. The molecule has 0 spiro atoms. The Labute approximate surface area is 269 Å². The lowest BCUT2D eigenvalue weighted by Crippen LogP contribution is -2.48. The molecule has 4 heterocycles. The van der Waals surface area contributed by atoms with Crippen LogP contribution in [-0.2, 0) is 16.3 Å². The number of rotatable bonds is 6. The van der Waals surface area contributed by atoms with Crippen molar-refractivity contribution in [1.29, 1.82) is 0 Å². The first-order valence-corrected chi connectivity index (χ1v) is 16.6. The first-order valence-electron chi connectivity index (χ1n) is 15.7. The van der Waals surface area contributed by atoms with Crippen molar-refractivity contribution in [2.75, 3.05) is 32.8 Å². The van der Waals surface area contributed by atoms with Crippen LogP contribution in [0.1, 0.15) is 68.6 Å². The van der Waals surface area contributed by atoms with E-state index in [-0.39, 0.29) is 29.3 Å². The van der Waals surface area contributed by atoms with Crippen molar-refractivity contribution < 1.29 is 27.5 Å². The summed E-state index contributed by atoms with van der Waals surface area (Å²) in [5.41, 5.74) is 2.64. The van der Waals surface area contributed by atoms with E-state index in [1.165, 1.54) is 29.0 Å². The number of aromatic nitrogens is 1. The maximum absolute atomic E-state index is 13.6. The van der Waals surface area contributed by atoms with E-state index in [4.69, 9.17) is 9.72 Å². The Hall–Kier alpha value is -4.02. The van der Waals surface area contributed by atoms with Gasteiger partial charge in [0.15, 0.2) is 0 Å². The molecule has 0 bridgehead atoms. The van der Waals surface area contributed by atoms with Crippen LogP contribution in [0.15, 0.2) is 84.2 Å². The number of carbonyl (C=O) groups excluding carboxylic acids is 2. The minimum atomic E-state index is -4.42. The van der Waals surface area contributed by atoms with Crippen molar-refractivity contribution in [2.45, 2.75) is 49.3 Å². The van der Waals surface area contributed by atoms with Crippen LogP contribution in [0.2, 0.25) is 0 Å². The molecule has 46 heavy (non-hydrogen) atoms. The summed E-state index contributed by atoms with van der Waals surface area (Å²) >= 11 is 1.51. The largest absolute Gasteiger partial charge is 0.416 e. The van der Waals surface area contributed by atoms with Crippen molar-refractivity contribution in [2.24, 2.45) is 0 Å². The van der Waals surface area contributed by atoms with Crippen LogP contribution in [0.4, 0.5) is 13.2 Å². The number of likely N-dealkylation sites (tertiary alicyclic amines) is 2. The lowest BCUT2D eigenvalue weighted by molar-refractivity contribution is -0.137. The molecule has 1 atom stereocenters. The van der Waals surface area contributed by atoms with Crippen molar-refractivity contribution in [3.8, 4) is 11.1 Å². The summed E-state index contributed by atoms with van der Waals surface area (Å²) in [6.45, 7) is 3.16. The average Bonchev–Trinajstić information content (AvgIpc) is 3.84. The number of alkyl halides is 3. The third-order valence-electron chi connectivity index (χ3n) is 9.79. The van der Waals surface area contributed by atoms with Gasteiger partial charge in [-0.05, 0) is 60.6 Å². The number of amides is 2. The molecule has 238 valence electrons. The number of benzene rings is 3. The second-order valence-electron chi connectivity index (χ2n) is 12.4. The van der Waals surface area contributed by atoms with E-state index in [0.717, 1.165) is 49.4 Å². The number of epoxide rings is 1. The number of piperidine rings is 2. The van der Waals surface area contributed by atoms with Crippen LogP contribution in [0.25, 0.3) is 11.1 Å². The third kappa shape index (κ3) is 5.96. The van der Waals surface area contributed by atoms with Gasteiger partial charge in [-0.25, -0.2) is 4.98 Å². The van der Waals surface area contributed by atoms with Gasteiger partial charge in [0.1, 0.15) is 5.69 Å². The molecule has 0 radical (unpaired) electrons. The second kappa shape index (κ2) is 12.3. The van der Waals surface area contributed by atoms with Gasteiger partial charge < -0.3 is 14.5 Å². The van der Waals surface area contributed by atoms with Gasteiger partial charge in [0, 0.05) is 48.5 Å². The standard InChI is InChI=1S/C36H34F3N3O3S/c37-36(38,39)27-12-10-24(11-13-27)28-8-4-5-9-29(28)33(43)41-18-14-25(15-19-41)32-40-30(23-46-32)34(44)42-20-16-35(17-21-42,31-22-45-31)26-6-2-1-3-7-26/h1-13,23,25,31H,14-22H2. The third-order valence-corrected chi connectivity index (χ3v) is 10.8. The predicted molar refractivity (Wildman–Crippen MR) is 170 cm³/mol. The Morgan fingerprint density at radius 2 is 1.46 bits per heavy atom. The first-order chi connectivity index (χ1) is 22.2. The Bertz CT molecular complexity index is 1700. The molecular formula is C36H34F3N3O3S. The zero-order valence-corrected chi connectivity index (χ0v) is 26.0. The van der Waals surface area contributed by atoms with E-state index in [2.05, 4.69) is 24.3 Å². The highest BCUT2D eigenvalue weighted by Gasteiger charge is 2.50. The second-order valence-corrected chi connectivity index (χ2v) is 13.3. The lowest BCUT2D eigenvalue weighted by Gasteiger charge is -2.41. The Kier molecular flexibility index (Phi) is 8.19. The normalized spacial score (nSPS) is 20.0. The number of nitrogens with zero attached hydrogens (tertiary/aromatic N) is 3. The van der Waals surface area contributed by atoms with Crippen LogP contribution >= 0.6 is 11.3 Å². The fourth-order valence-corrected chi connectivity index (χ4v) is 8.00. The summed E-state index contributed by atoms with van der Waals surface area (Å²) in [4.78, 5) is 35.6. The van der Waals surface area contributed by atoms with E-state index in [1.807, 2.05) is 16.3 Å². The molecule has 3 fully saturated rings. The van der Waals surface area contributed by atoms with E-state index >= 15 is 0 Å². The molecule has 0 saturated carbocycles. The number of ether oxygens (including phenoxy) is 1. The zero-order chi connectivity index (χ0) is 31.9. The summed E-state index contributed by atoms with van der Waals surface area (Å²) in [5, 5.41) is 2.78. The molecule has 0 N–H and O–H groups in total. The molecule has 3 saturated heterocycles. The molecule has 3 aliphatic heterocycles. The molecule has 7 rings (SSSR count). The van der Waals surface area contributed by atoms with Gasteiger partial charge in [-0.1, -0.05) is 60.7 Å². The van der Waals surface area contributed by atoms with Crippen LogP contribution in [0, 0.1) is 0 Å². The van der Waals surface area contributed by atoms with E-state index in [0.29, 0.717) is 48.6 Å². The fourth-order valence-electron chi connectivity index (χ4n) is 7.04. The van der Waals surface area contributed by atoms with E-state index < -0.39 is 11.7 Å². The first kappa shape index (κ1) is 30.6. The molecule has 3 aromatic carbocycles. The van der Waals surface area contributed by atoms with Crippen molar-refractivity contribution in [3.63, 3.8) is 0 Å².